The van der Waals surface area contributed by atoms with E-state index in [1.165, 1.54) is 0 Å². The number of rotatable bonds is 25. The van der Waals surface area contributed by atoms with Crippen LogP contribution in [0.25, 0.3) is 0 Å². The predicted octanol–water partition coefficient (Wildman–Crippen LogP) is 3.53. The van der Waals surface area contributed by atoms with Gasteiger partial charge in [-0.05, 0) is 39.0 Å². The maximum atomic E-state index is 12.3. The lowest BCUT2D eigenvalue weighted by Crippen LogP contribution is -2.47. The molecule has 4 N–H and O–H groups in total. The molecular formula is C28H48O12. The molecule has 0 aromatic heterocycles. The van der Waals surface area contributed by atoms with E-state index >= 15 is 0 Å². The van der Waals surface area contributed by atoms with E-state index in [1.807, 2.05) is 6.92 Å². The third-order valence-electron chi connectivity index (χ3n) is 6.28. The normalized spacial score (nSPS) is 14.0. The fraction of sp³-hybridized carbons (Fsp3) is 0.821. The first-order valence-corrected chi connectivity index (χ1v) is 14.4. The van der Waals surface area contributed by atoms with Crippen LogP contribution in [0.15, 0.2) is 0 Å². The van der Waals surface area contributed by atoms with E-state index in [1.54, 1.807) is 6.92 Å². The van der Waals surface area contributed by atoms with Gasteiger partial charge in [-0.3, -0.25) is 24.0 Å². The Morgan fingerprint density at radius 2 is 0.975 bits per heavy atom. The highest BCUT2D eigenvalue weighted by molar-refractivity contribution is 5.77. The smallest absolute Gasteiger partial charge is 0.306 e. The number of carboxylic acid groups (broad SMARTS) is 2. The summed E-state index contributed by atoms with van der Waals surface area (Å²) < 4.78 is 15.6. The van der Waals surface area contributed by atoms with Gasteiger partial charge in [0.25, 0.3) is 0 Å². The van der Waals surface area contributed by atoms with Gasteiger partial charge in [0.1, 0.15) is 24.4 Å². The highest BCUT2D eigenvalue weighted by Crippen LogP contribution is 2.22. The topological polar surface area (TPSA) is 194 Å². The number of esters is 3. The van der Waals surface area contributed by atoms with Gasteiger partial charge in [-0.15, -0.1) is 0 Å². The summed E-state index contributed by atoms with van der Waals surface area (Å²) in [7, 11) is 0. The van der Waals surface area contributed by atoms with Crippen molar-refractivity contribution in [2.24, 2.45) is 0 Å². The van der Waals surface area contributed by atoms with Gasteiger partial charge in [0.05, 0.1) is 32.3 Å². The second kappa shape index (κ2) is 23.0. The molecule has 0 saturated heterocycles. The van der Waals surface area contributed by atoms with Crippen LogP contribution in [0.4, 0.5) is 0 Å². The molecular weight excluding hydrogens is 528 g/mol. The molecule has 4 unspecified atom stereocenters. The molecule has 0 amide bonds. The molecule has 0 fully saturated rings. The maximum Gasteiger partial charge on any atom is 0.306 e. The summed E-state index contributed by atoms with van der Waals surface area (Å²) in [5.41, 5.74) is 0. The fourth-order valence-corrected chi connectivity index (χ4v) is 4.06. The highest BCUT2D eigenvalue weighted by Gasteiger charge is 2.36. The third-order valence-corrected chi connectivity index (χ3v) is 6.28. The van der Waals surface area contributed by atoms with Gasteiger partial charge in [0.15, 0.2) is 0 Å². The molecule has 0 aliphatic heterocycles. The van der Waals surface area contributed by atoms with Crippen molar-refractivity contribution in [3.05, 3.63) is 0 Å². The van der Waals surface area contributed by atoms with Crippen molar-refractivity contribution in [1.82, 2.24) is 0 Å². The lowest BCUT2D eigenvalue weighted by molar-refractivity contribution is -0.177. The molecule has 0 heterocycles. The van der Waals surface area contributed by atoms with Gasteiger partial charge in [-0.25, -0.2) is 0 Å². The van der Waals surface area contributed by atoms with Gasteiger partial charge in [-0.2, -0.15) is 0 Å². The maximum absolute atomic E-state index is 12.3. The molecule has 0 rings (SSSR count). The number of ether oxygens (including phenoxy) is 3. The zero-order valence-electron chi connectivity index (χ0n) is 23.9. The number of aliphatic hydroxyl groups excluding tert-OH is 2. The predicted molar refractivity (Wildman–Crippen MR) is 143 cm³/mol. The quantitative estimate of drug-likeness (QED) is 0.0702. The van der Waals surface area contributed by atoms with Gasteiger partial charge < -0.3 is 34.6 Å². The Morgan fingerprint density at radius 1 is 0.550 bits per heavy atom. The number of unbranched alkanes of at least 4 members (excludes halogenated alkanes) is 7. The van der Waals surface area contributed by atoms with Crippen LogP contribution in [-0.4, -0.2) is 81.3 Å². The van der Waals surface area contributed by atoms with Crippen molar-refractivity contribution < 1.29 is 58.6 Å². The Bertz CT molecular complexity index is 754. The molecule has 0 aromatic rings. The highest BCUT2D eigenvalue weighted by atomic mass is 16.6. The van der Waals surface area contributed by atoms with E-state index in [0.29, 0.717) is 38.7 Å². The van der Waals surface area contributed by atoms with E-state index < -0.39 is 74.0 Å². The van der Waals surface area contributed by atoms with Crippen LogP contribution in [0.2, 0.25) is 0 Å². The monoisotopic (exact) mass is 576 g/mol. The number of carboxylic acids is 2. The van der Waals surface area contributed by atoms with Crippen LogP contribution in [0.1, 0.15) is 117 Å². The molecule has 232 valence electrons. The zero-order chi connectivity index (χ0) is 30.3. The molecule has 0 aromatic carbocycles. The molecule has 0 radical (unpaired) electrons. The largest absolute Gasteiger partial charge is 0.481 e. The molecule has 0 spiro atoms. The third kappa shape index (κ3) is 19.3. The Kier molecular flexibility index (Phi) is 21.5. The average molecular weight is 577 g/mol. The molecule has 0 aliphatic carbocycles. The Hall–Kier alpha value is -2.73. The first kappa shape index (κ1) is 37.3. The van der Waals surface area contributed by atoms with Crippen LogP contribution >= 0.6 is 0 Å². The number of carbonyl (C=O) groups excluding carboxylic acids is 3. The summed E-state index contributed by atoms with van der Waals surface area (Å²) in [6.07, 6.45) is 0.146. The van der Waals surface area contributed by atoms with Crippen molar-refractivity contribution in [2.75, 3.05) is 6.61 Å². The molecule has 12 nitrogen and oxygen atoms in total. The summed E-state index contributed by atoms with van der Waals surface area (Å²) in [5.74, 6) is -4.28. The van der Waals surface area contributed by atoms with Crippen LogP contribution in [-0.2, 0) is 38.2 Å². The minimum atomic E-state index is -1.62. The summed E-state index contributed by atoms with van der Waals surface area (Å²) in [5, 5.41) is 39.6. The van der Waals surface area contributed by atoms with Gasteiger partial charge in [0, 0.05) is 6.42 Å². The van der Waals surface area contributed by atoms with Crippen LogP contribution in [0.5, 0.6) is 0 Å². The minimum Gasteiger partial charge on any atom is -0.481 e. The van der Waals surface area contributed by atoms with Crippen molar-refractivity contribution in [1.29, 1.82) is 0 Å². The van der Waals surface area contributed by atoms with E-state index in [9.17, 15) is 34.2 Å². The van der Waals surface area contributed by atoms with E-state index in [0.717, 1.165) is 32.1 Å². The van der Waals surface area contributed by atoms with Crippen molar-refractivity contribution in [3.63, 3.8) is 0 Å². The number of aliphatic carboxylic acids is 2. The lowest BCUT2D eigenvalue weighted by Gasteiger charge is -2.31. The van der Waals surface area contributed by atoms with Crippen molar-refractivity contribution >= 4 is 29.8 Å². The molecule has 0 aliphatic rings. The fourth-order valence-electron chi connectivity index (χ4n) is 4.06. The summed E-state index contributed by atoms with van der Waals surface area (Å²) >= 11 is 0. The van der Waals surface area contributed by atoms with Crippen LogP contribution < -0.4 is 0 Å². The van der Waals surface area contributed by atoms with Crippen LogP contribution in [0, 0.1) is 0 Å². The van der Waals surface area contributed by atoms with Crippen molar-refractivity contribution in [3.8, 4) is 0 Å². The Labute approximate surface area is 236 Å². The zero-order valence-corrected chi connectivity index (χ0v) is 23.9. The molecule has 4 atom stereocenters. The second-order valence-corrected chi connectivity index (χ2v) is 9.79. The Balaban J connectivity index is 5.25. The van der Waals surface area contributed by atoms with Crippen molar-refractivity contribution in [2.45, 2.75) is 141 Å². The first-order valence-electron chi connectivity index (χ1n) is 14.4. The Morgan fingerprint density at radius 3 is 1.40 bits per heavy atom. The summed E-state index contributed by atoms with van der Waals surface area (Å²) in [6.45, 7) is 4.10. The van der Waals surface area contributed by atoms with E-state index in [4.69, 9.17) is 24.4 Å². The second-order valence-electron chi connectivity index (χ2n) is 9.79. The standard InChI is InChI=1S/C28H48O12/c1-3-5-6-10-13-20(39-25(34)18-16-22(29)30)27(36)28(37)21(40-26(35)19-17-23(31)32)14-11-8-7-9-12-15-24(33)38-4-2/h20-21,27-28,36-37H,3-19H2,1-2H3,(H,29,30)(H,31,32). The number of hydrogen-bond donors (Lipinski definition) is 4. The molecule has 40 heavy (non-hydrogen) atoms. The molecule has 0 bridgehead atoms. The SMILES string of the molecule is CCCCCCC(OC(=O)CCC(=O)O)C(O)C(O)C(CCCCCCCC(=O)OCC)OC(=O)CCC(=O)O. The number of carbonyl (C=O) groups is 5. The first-order chi connectivity index (χ1) is 19.0. The summed E-state index contributed by atoms with van der Waals surface area (Å²) in [6, 6.07) is 0. The minimum absolute atomic E-state index is 0.171. The van der Waals surface area contributed by atoms with Gasteiger partial charge >= 0.3 is 29.8 Å². The molecule has 12 heteroatoms. The lowest BCUT2D eigenvalue weighted by atomic mass is 9.95. The number of aliphatic hydroxyl groups is 2. The average Bonchev–Trinajstić information content (AvgIpc) is 2.90. The summed E-state index contributed by atoms with van der Waals surface area (Å²) in [4.78, 5) is 57.5. The number of hydrogen-bond acceptors (Lipinski definition) is 10. The van der Waals surface area contributed by atoms with E-state index in [-0.39, 0.29) is 18.8 Å². The van der Waals surface area contributed by atoms with E-state index in [2.05, 4.69) is 0 Å². The van der Waals surface area contributed by atoms with Crippen LogP contribution in [0.3, 0.4) is 0 Å². The molecule has 0 saturated carbocycles. The van der Waals surface area contributed by atoms with Gasteiger partial charge in [0.2, 0.25) is 0 Å². The van der Waals surface area contributed by atoms with Gasteiger partial charge in [-0.1, -0.05) is 45.4 Å².